The molecule has 0 aromatic carbocycles. The standard InChI is InChI=1S/C5H10.4C4H8.6C2H6/c1-5-3-2-4-5;4*1-2-4-3-1;6*1-2/h5H,2-4H2,1H3;4*1-4H2;6*1-2H3. The molecule has 0 amide bonds. The van der Waals surface area contributed by atoms with Gasteiger partial charge in [0.1, 0.15) is 0 Å². The van der Waals surface area contributed by atoms with Crippen molar-refractivity contribution >= 4 is 0 Å². The predicted octanol–water partition coefficient (Wildman–Crippen LogP) is 14.2. The summed E-state index contributed by atoms with van der Waals surface area (Å²) in [7, 11) is 0. The predicted molar refractivity (Wildman–Crippen MR) is 165 cm³/mol. The highest BCUT2D eigenvalue weighted by Crippen LogP contribution is 2.24. The van der Waals surface area contributed by atoms with Crippen molar-refractivity contribution < 1.29 is 0 Å². The fraction of sp³-hybridized carbons (Fsp3) is 1.00. The van der Waals surface area contributed by atoms with Gasteiger partial charge in [0, 0.05) is 0 Å². The first-order chi connectivity index (χ1) is 16.4. The highest BCUT2D eigenvalue weighted by atomic mass is 14.1. The molecule has 0 heterocycles. The normalized spacial score (nSPS) is 16.6. The Morgan fingerprint density at radius 3 is 0.333 bits per heavy atom. The summed E-state index contributed by atoms with van der Waals surface area (Å²) in [4.78, 5) is 0. The van der Waals surface area contributed by atoms with E-state index in [1.807, 2.05) is 83.1 Å². The maximum Gasteiger partial charge on any atom is -0.0443 e. The van der Waals surface area contributed by atoms with E-state index in [1.165, 1.54) is 122 Å². The zero-order valence-electron chi connectivity index (χ0n) is 27.0. The largest absolute Gasteiger partial charge is 0.0683 e. The molecule has 0 heteroatoms. The molecule has 0 aliphatic heterocycles. The van der Waals surface area contributed by atoms with Gasteiger partial charge in [0.2, 0.25) is 0 Å². The van der Waals surface area contributed by atoms with Crippen molar-refractivity contribution in [2.45, 2.75) is 212 Å². The van der Waals surface area contributed by atoms with Gasteiger partial charge in [-0.2, -0.15) is 0 Å². The molecule has 5 aliphatic rings. The fourth-order valence-corrected chi connectivity index (χ4v) is 1.61. The van der Waals surface area contributed by atoms with Crippen molar-refractivity contribution in [1.29, 1.82) is 0 Å². The minimum Gasteiger partial charge on any atom is -0.0683 e. The van der Waals surface area contributed by atoms with E-state index in [0.29, 0.717) is 0 Å². The van der Waals surface area contributed by atoms with Crippen LogP contribution in [0.3, 0.4) is 0 Å². The van der Waals surface area contributed by atoms with Gasteiger partial charge >= 0.3 is 0 Å². The van der Waals surface area contributed by atoms with Crippen LogP contribution in [0.1, 0.15) is 212 Å². The van der Waals surface area contributed by atoms with E-state index in [0.717, 1.165) is 5.92 Å². The Morgan fingerprint density at radius 1 is 0.242 bits per heavy atom. The van der Waals surface area contributed by atoms with Crippen LogP contribution in [0.4, 0.5) is 0 Å². The molecular formula is C33H78. The fourth-order valence-electron chi connectivity index (χ4n) is 1.61. The summed E-state index contributed by atoms with van der Waals surface area (Å²) < 4.78 is 0. The molecule has 0 spiro atoms. The second-order valence-corrected chi connectivity index (χ2v) is 7.69. The van der Waals surface area contributed by atoms with Crippen molar-refractivity contribution in [2.24, 2.45) is 5.92 Å². The van der Waals surface area contributed by atoms with Crippen LogP contribution in [0.2, 0.25) is 0 Å². The maximum atomic E-state index is 2.31. The molecule has 0 aromatic rings. The third-order valence-electron chi connectivity index (χ3n) is 5.39. The number of hydrogen-bond donors (Lipinski definition) is 0. The van der Waals surface area contributed by atoms with E-state index in [1.54, 1.807) is 0 Å². The lowest BCUT2D eigenvalue weighted by atomic mass is 9.88. The van der Waals surface area contributed by atoms with E-state index in [-0.39, 0.29) is 0 Å². The average molecular weight is 475 g/mol. The summed E-state index contributed by atoms with van der Waals surface area (Å²) in [6.45, 7) is 26.3. The second-order valence-electron chi connectivity index (χ2n) is 7.69. The van der Waals surface area contributed by atoms with Crippen LogP contribution in [0, 0.1) is 5.92 Å². The Kier molecular flexibility index (Phi) is 89.2. The van der Waals surface area contributed by atoms with E-state index in [2.05, 4.69) is 6.92 Å². The minimum atomic E-state index is 1.06. The van der Waals surface area contributed by atoms with Gasteiger partial charge in [-0.05, 0) is 5.92 Å². The molecule has 33 heavy (non-hydrogen) atoms. The molecule has 210 valence electrons. The number of rotatable bonds is 0. The van der Waals surface area contributed by atoms with Crippen LogP contribution in [0.25, 0.3) is 0 Å². The topological polar surface area (TPSA) is 0 Å². The van der Waals surface area contributed by atoms with Crippen LogP contribution in [-0.2, 0) is 0 Å². The summed E-state index contributed by atoms with van der Waals surface area (Å²) in [5, 5.41) is 0. The average Bonchev–Trinajstić information content (AvgIpc) is 2.71. The van der Waals surface area contributed by atoms with Gasteiger partial charge in [0.15, 0.2) is 0 Å². The molecule has 0 saturated heterocycles. The quantitative estimate of drug-likeness (QED) is 0.327. The lowest BCUT2D eigenvalue weighted by molar-refractivity contribution is 0.346. The summed E-state index contributed by atoms with van der Waals surface area (Å²) in [5.74, 6) is 1.06. The van der Waals surface area contributed by atoms with E-state index in [9.17, 15) is 0 Å². The number of hydrogen-bond acceptors (Lipinski definition) is 0. The Bertz CT molecular complexity index is 128. The van der Waals surface area contributed by atoms with Gasteiger partial charge in [-0.3, -0.25) is 0 Å². The van der Waals surface area contributed by atoms with Crippen molar-refractivity contribution in [3.63, 3.8) is 0 Å². The second kappa shape index (κ2) is 63.5. The maximum absolute atomic E-state index is 2.31. The molecule has 0 unspecified atom stereocenters. The lowest BCUT2D eigenvalue weighted by Crippen LogP contribution is -2.04. The molecule has 0 atom stereocenters. The molecule has 0 aromatic heterocycles. The molecule has 0 nitrogen and oxygen atoms in total. The first-order valence-electron chi connectivity index (χ1n) is 16.4. The summed E-state index contributed by atoms with van der Waals surface area (Å²) >= 11 is 0. The highest BCUT2D eigenvalue weighted by Gasteiger charge is 2.09. The van der Waals surface area contributed by atoms with Crippen molar-refractivity contribution in [3.05, 3.63) is 0 Å². The van der Waals surface area contributed by atoms with Gasteiger partial charge < -0.3 is 0 Å². The van der Waals surface area contributed by atoms with Crippen LogP contribution in [0.5, 0.6) is 0 Å². The van der Waals surface area contributed by atoms with Crippen molar-refractivity contribution in [3.8, 4) is 0 Å². The third-order valence-corrected chi connectivity index (χ3v) is 5.39. The van der Waals surface area contributed by atoms with Gasteiger partial charge in [-0.25, -0.2) is 0 Å². The van der Waals surface area contributed by atoms with Crippen LogP contribution in [-0.4, -0.2) is 0 Å². The summed E-state index contributed by atoms with van der Waals surface area (Å²) in [5.41, 5.74) is 0. The molecule has 5 rings (SSSR count). The van der Waals surface area contributed by atoms with Gasteiger partial charge in [-0.15, -0.1) is 0 Å². The smallest absolute Gasteiger partial charge is 0.0443 e. The van der Waals surface area contributed by atoms with E-state index >= 15 is 0 Å². The molecular weight excluding hydrogens is 396 g/mol. The Labute approximate surface area is 217 Å². The van der Waals surface area contributed by atoms with Crippen LogP contribution >= 0.6 is 0 Å². The Hall–Kier alpha value is 0. The van der Waals surface area contributed by atoms with Crippen LogP contribution < -0.4 is 0 Å². The molecule has 0 radical (unpaired) electrons. The van der Waals surface area contributed by atoms with Gasteiger partial charge in [0.25, 0.3) is 0 Å². The van der Waals surface area contributed by atoms with E-state index < -0.39 is 0 Å². The Morgan fingerprint density at radius 2 is 0.333 bits per heavy atom. The van der Waals surface area contributed by atoms with Crippen molar-refractivity contribution in [1.82, 2.24) is 0 Å². The zero-order chi connectivity index (χ0) is 27.0. The van der Waals surface area contributed by atoms with Crippen LogP contribution in [0.15, 0.2) is 0 Å². The summed E-state index contributed by atoms with van der Waals surface area (Å²) in [6.07, 6.45) is 28.5. The molecule has 0 N–H and O–H groups in total. The molecule has 5 saturated carbocycles. The lowest BCUT2D eigenvalue weighted by Gasteiger charge is -2.18. The Balaban J connectivity index is -0.0000000624. The SMILES string of the molecule is C1CCC1.C1CCC1.C1CCC1.C1CCC1.CC.CC.CC.CC.CC.CC.CC1CCC1. The zero-order valence-corrected chi connectivity index (χ0v) is 27.0. The third kappa shape index (κ3) is 59.5. The first kappa shape index (κ1) is 46.4. The van der Waals surface area contributed by atoms with E-state index in [4.69, 9.17) is 0 Å². The monoisotopic (exact) mass is 475 g/mol. The van der Waals surface area contributed by atoms with Gasteiger partial charge in [-0.1, -0.05) is 212 Å². The molecule has 0 bridgehead atoms. The summed E-state index contributed by atoms with van der Waals surface area (Å²) in [6, 6.07) is 0. The first-order valence-corrected chi connectivity index (χ1v) is 16.4. The van der Waals surface area contributed by atoms with Gasteiger partial charge in [0.05, 0.1) is 0 Å². The molecule has 5 aliphatic carbocycles. The van der Waals surface area contributed by atoms with Crippen molar-refractivity contribution in [2.75, 3.05) is 0 Å². The highest BCUT2D eigenvalue weighted by molar-refractivity contribution is 4.62. The minimum absolute atomic E-state index is 1.06. The molecule has 5 fully saturated rings.